The van der Waals surface area contributed by atoms with Gasteiger partial charge in [0.1, 0.15) is 17.5 Å². The van der Waals surface area contributed by atoms with Crippen LogP contribution in [-0.2, 0) is 4.79 Å². The molecule has 1 aliphatic rings. The third-order valence-electron chi connectivity index (χ3n) is 6.12. The summed E-state index contributed by atoms with van der Waals surface area (Å²) in [6.07, 6.45) is 6.93. The lowest BCUT2D eigenvalue weighted by Gasteiger charge is -2.20. The third-order valence-corrected chi connectivity index (χ3v) is 6.12. The highest BCUT2D eigenvalue weighted by molar-refractivity contribution is 6.04. The number of nitrogens with one attached hydrogen (secondary N) is 3. The topological polar surface area (TPSA) is 99.8 Å². The summed E-state index contributed by atoms with van der Waals surface area (Å²) < 4.78 is 13.1. The fourth-order valence-corrected chi connectivity index (χ4v) is 4.22. The molecule has 3 N–H and O–H groups in total. The van der Waals surface area contributed by atoms with Crippen molar-refractivity contribution in [1.29, 1.82) is 0 Å². The number of benzene rings is 2. The molecular formula is C26H24FN5O2. The van der Waals surface area contributed by atoms with E-state index in [-0.39, 0.29) is 23.5 Å². The van der Waals surface area contributed by atoms with E-state index in [4.69, 9.17) is 0 Å². The smallest absolute Gasteiger partial charge is 0.255 e. The lowest BCUT2D eigenvalue weighted by atomic mass is 9.89. The number of aromatic amines is 1. The lowest BCUT2D eigenvalue weighted by molar-refractivity contribution is -0.120. The average Bonchev–Trinajstić information content (AvgIpc) is 3.29. The minimum absolute atomic E-state index is 0.0283. The molecule has 8 heteroatoms. The van der Waals surface area contributed by atoms with Crippen molar-refractivity contribution in [3.05, 3.63) is 72.2 Å². The number of rotatable bonds is 5. The summed E-state index contributed by atoms with van der Waals surface area (Å²) in [5.74, 6) is 0.540. The number of imidazole rings is 1. The normalized spacial score (nSPS) is 14.1. The quantitative estimate of drug-likeness (QED) is 0.367. The Morgan fingerprint density at radius 2 is 1.68 bits per heavy atom. The van der Waals surface area contributed by atoms with Crippen LogP contribution in [0.4, 0.5) is 15.9 Å². The SMILES string of the molecule is O=C(Nc1ccc(-c2nc3cc(NC(=O)C4CCCCC4)ncc3[nH]2)cc1)c1ccc(F)cc1. The zero-order chi connectivity index (χ0) is 23.5. The number of nitrogens with zero attached hydrogens (tertiary/aromatic N) is 2. The second-order valence-corrected chi connectivity index (χ2v) is 8.53. The molecule has 2 heterocycles. The molecule has 0 aliphatic heterocycles. The Morgan fingerprint density at radius 3 is 2.41 bits per heavy atom. The molecule has 2 aromatic carbocycles. The highest BCUT2D eigenvalue weighted by atomic mass is 19.1. The lowest BCUT2D eigenvalue weighted by Crippen LogP contribution is -2.25. The Labute approximate surface area is 195 Å². The fourth-order valence-electron chi connectivity index (χ4n) is 4.22. The van der Waals surface area contributed by atoms with Crippen molar-refractivity contribution in [3.8, 4) is 11.4 Å². The van der Waals surface area contributed by atoms with Crippen LogP contribution >= 0.6 is 0 Å². The van der Waals surface area contributed by atoms with Gasteiger partial charge in [-0.2, -0.15) is 0 Å². The number of fused-ring (bicyclic) bond motifs is 1. The first-order valence-electron chi connectivity index (χ1n) is 11.4. The fraction of sp³-hybridized carbons (Fsp3) is 0.231. The molecule has 2 aromatic heterocycles. The van der Waals surface area contributed by atoms with Gasteiger partial charge in [0.05, 0.1) is 17.2 Å². The van der Waals surface area contributed by atoms with Gasteiger partial charge >= 0.3 is 0 Å². The van der Waals surface area contributed by atoms with Crippen molar-refractivity contribution in [2.75, 3.05) is 10.6 Å². The summed E-state index contributed by atoms with van der Waals surface area (Å²) in [5, 5.41) is 5.72. The van der Waals surface area contributed by atoms with Gasteiger partial charge in [0.2, 0.25) is 5.91 Å². The zero-order valence-electron chi connectivity index (χ0n) is 18.5. The largest absolute Gasteiger partial charge is 0.337 e. The molecule has 2 amide bonds. The van der Waals surface area contributed by atoms with Gasteiger partial charge in [0, 0.05) is 28.8 Å². The van der Waals surface area contributed by atoms with Crippen LogP contribution in [0.3, 0.4) is 0 Å². The number of hydrogen-bond acceptors (Lipinski definition) is 4. The number of amides is 2. The summed E-state index contributed by atoms with van der Waals surface area (Å²) in [6.45, 7) is 0. The number of H-pyrrole nitrogens is 1. The number of hydrogen-bond donors (Lipinski definition) is 3. The van der Waals surface area contributed by atoms with Crippen LogP contribution in [0.1, 0.15) is 42.5 Å². The van der Waals surface area contributed by atoms with Crippen molar-refractivity contribution in [3.63, 3.8) is 0 Å². The summed E-state index contributed by atoms with van der Waals surface area (Å²) in [7, 11) is 0. The number of carbonyl (C=O) groups is 2. The maximum absolute atomic E-state index is 13.1. The molecule has 1 fully saturated rings. The molecule has 34 heavy (non-hydrogen) atoms. The van der Waals surface area contributed by atoms with Gasteiger partial charge in [0.25, 0.3) is 5.91 Å². The van der Waals surface area contributed by atoms with Crippen molar-refractivity contribution in [2.45, 2.75) is 32.1 Å². The van der Waals surface area contributed by atoms with Gasteiger partial charge < -0.3 is 15.6 Å². The van der Waals surface area contributed by atoms with Gasteiger partial charge in [0.15, 0.2) is 0 Å². The minimum atomic E-state index is -0.388. The molecule has 172 valence electrons. The van der Waals surface area contributed by atoms with Crippen LogP contribution in [0.25, 0.3) is 22.4 Å². The predicted molar refractivity (Wildman–Crippen MR) is 129 cm³/mol. The van der Waals surface area contributed by atoms with E-state index in [1.807, 2.05) is 12.1 Å². The third kappa shape index (κ3) is 4.80. The van der Waals surface area contributed by atoms with Crippen molar-refractivity contribution in [2.24, 2.45) is 5.92 Å². The van der Waals surface area contributed by atoms with Crippen LogP contribution < -0.4 is 10.6 Å². The molecule has 0 saturated heterocycles. The monoisotopic (exact) mass is 457 g/mol. The van der Waals surface area contributed by atoms with Crippen LogP contribution in [0.15, 0.2) is 60.8 Å². The number of anilines is 2. The zero-order valence-corrected chi connectivity index (χ0v) is 18.5. The second kappa shape index (κ2) is 9.43. The van der Waals surface area contributed by atoms with Crippen LogP contribution in [-0.4, -0.2) is 26.8 Å². The highest BCUT2D eigenvalue weighted by Gasteiger charge is 2.21. The van der Waals surface area contributed by atoms with Crippen LogP contribution in [0, 0.1) is 11.7 Å². The van der Waals surface area contributed by atoms with E-state index in [1.165, 1.54) is 30.7 Å². The molecule has 4 aromatic rings. The summed E-state index contributed by atoms with van der Waals surface area (Å²) in [4.78, 5) is 37.1. The van der Waals surface area contributed by atoms with E-state index in [0.29, 0.717) is 28.4 Å². The average molecular weight is 458 g/mol. The van der Waals surface area contributed by atoms with E-state index < -0.39 is 0 Å². The van der Waals surface area contributed by atoms with Gasteiger partial charge in [-0.3, -0.25) is 9.59 Å². The predicted octanol–water partition coefficient (Wildman–Crippen LogP) is 5.54. The minimum Gasteiger partial charge on any atom is -0.337 e. The molecule has 1 aliphatic carbocycles. The molecule has 1 saturated carbocycles. The summed E-state index contributed by atoms with van der Waals surface area (Å²) >= 11 is 0. The maximum atomic E-state index is 13.1. The molecule has 0 bridgehead atoms. The van der Waals surface area contributed by atoms with Gasteiger partial charge in [-0.25, -0.2) is 14.4 Å². The standard InChI is InChI=1S/C26H24FN5O2/c27-19-10-6-18(7-11-19)25(33)29-20-12-8-16(9-13-20)24-30-21-14-23(28-15-22(21)31-24)32-26(34)17-4-2-1-3-5-17/h6-15,17H,1-5H2,(H,29,33)(H,30,31)(H,28,32,34). The highest BCUT2D eigenvalue weighted by Crippen LogP contribution is 2.26. The Balaban J connectivity index is 1.27. The van der Waals surface area contributed by atoms with Crippen molar-refractivity contribution >= 4 is 34.4 Å². The maximum Gasteiger partial charge on any atom is 0.255 e. The van der Waals surface area contributed by atoms with E-state index in [0.717, 1.165) is 36.8 Å². The second-order valence-electron chi connectivity index (χ2n) is 8.53. The van der Waals surface area contributed by atoms with E-state index in [1.54, 1.807) is 24.4 Å². The molecule has 0 radical (unpaired) electrons. The molecule has 0 spiro atoms. The first-order valence-corrected chi connectivity index (χ1v) is 11.4. The molecule has 5 rings (SSSR count). The molecule has 7 nitrogen and oxygen atoms in total. The number of halogens is 1. The van der Waals surface area contributed by atoms with Gasteiger partial charge in [-0.1, -0.05) is 19.3 Å². The first-order chi connectivity index (χ1) is 16.5. The van der Waals surface area contributed by atoms with Crippen LogP contribution in [0.2, 0.25) is 0 Å². The summed E-state index contributed by atoms with van der Waals surface area (Å²) in [5.41, 5.74) is 3.30. The number of carbonyl (C=O) groups excluding carboxylic acids is 2. The Bertz CT molecular complexity index is 1330. The Morgan fingerprint density at radius 1 is 0.941 bits per heavy atom. The number of aromatic nitrogens is 3. The van der Waals surface area contributed by atoms with Crippen molar-refractivity contribution in [1.82, 2.24) is 15.0 Å². The molecule has 0 unspecified atom stereocenters. The Kier molecular flexibility index (Phi) is 6.03. The molecular weight excluding hydrogens is 433 g/mol. The van der Waals surface area contributed by atoms with E-state index in [2.05, 4.69) is 25.6 Å². The Hall–Kier alpha value is -4.07. The van der Waals surface area contributed by atoms with Crippen LogP contribution in [0.5, 0.6) is 0 Å². The van der Waals surface area contributed by atoms with Gasteiger partial charge in [-0.15, -0.1) is 0 Å². The van der Waals surface area contributed by atoms with Crippen molar-refractivity contribution < 1.29 is 14.0 Å². The summed E-state index contributed by atoms with van der Waals surface area (Å²) in [6, 6.07) is 14.4. The van der Waals surface area contributed by atoms with Gasteiger partial charge in [-0.05, 0) is 61.4 Å². The van der Waals surface area contributed by atoms with E-state index in [9.17, 15) is 14.0 Å². The van der Waals surface area contributed by atoms with E-state index >= 15 is 0 Å². The number of pyridine rings is 1. The first kappa shape index (κ1) is 21.8. The molecule has 0 atom stereocenters.